The third-order valence-corrected chi connectivity index (χ3v) is 5.68. The average molecular weight is 383 g/mol. The third-order valence-electron chi connectivity index (χ3n) is 4.74. The van der Waals surface area contributed by atoms with Crippen LogP contribution >= 0.6 is 11.8 Å². The largest absolute Gasteiger partial charge is 0.493 e. The molecule has 0 bridgehead atoms. The summed E-state index contributed by atoms with van der Waals surface area (Å²) in [7, 11) is 1.66. The number of aliphatic hydroxyl groups is 1. The van der Waals surface area contributed by atoms with Crippen LogP contribution in [0.1, 0.15) is 5.56 Å². The summed E-state index contributed by atoms with van der Waals surface area (Å²) in [4.78, 5) is 4.67. The van der Waals surface area contributed by atoms with Crippen LogP contribution < -0.4 is 9.47 Å². The van der Waals surface area contributed by atoms with Gasteiger partial charge in [-0.1, -0.05) is 6.07 Å². The van der Waals surface area contributed by atoms with Crippen LogP contribution in [0.3, 0.4) is 0 Å². The second-order valence-corrected chi connectivity index (χ2v) is 7.98. The summed E-state index contributed by atoms with van der Waals surface area (Å²) in [5.74, 6) is 3.83. The summed E-state index contributed by atoms with van der Waals surface area (Å²) in [6.07, 6.45) is -0.525. The molecule has 0 amide bonds. The van der Waals surface area contributed by atoms with E-state index in [2.05, 4.69) is 15.9 Å². The van der Waals surface area contributed by atoms with Gasteiger partial charge in [0, 0.05) is 50.8 Å². The summed E-state index contributed by atoms with van der Waals surface area (Å²) < 4.78 is 16.7. The number of hydrogen-bond acceptors (Lipinski definition) is 7. The zero-order valence-corrected chi connectivity index (χ0v) is 16.4. The Labute approximate surface area is 160 Å². The highest BCUT2D eigenvalue weighted by molar-refractivity contribution is 7.99. The fourth-order valence-corrected chi connectivity index (χ4v) is 4.25. The first kappa shape index (κ1) is 19.8. The van der Waals surface area contributed by atoms with Gasteiger partial charge in [-0.15, -0.1) is 0 Å². The molecule has 0 unspecified atom stereocenters. The minimum absolute atomic E-state index is 0.260. The Balaban J connectivity index is 1.50. The molecule has 1 aromatic carbocycles. The van der Waals surface area contributed by atoms with Gasteiger partial charge in [0.1, 0.15) is 12.7 Å². The molecule has 2 heterocycles. The van der Waals surface area contributed by atoms with Gasteiger partial charge in [0.25, 0.3) is 0 Å². The topological polar surface area (TPSA) is 54.4 Å². The van der Waals surface area contributed by atoms with E-state index in [-0.39, 0.29) is 6.61 Å². The summed E-state index contributed by atoms with van der Waals surface area (Å²) in [5, 5.41) is 10.2. The molecule has 0 spiro atoms. The number of morpholine rings is 1. The Bertz CT molecular complexity index is 548. The quantitative estimate of drug-likeness (QED) is 0.728. The Morgan fingerprint density at radius 1 is 1.12 bits per heavy atom. The Hall–Kier alpha value is -0.990. The van der Waals surface area contributed by atoms with Crippen molar-refractivity contribution in [3.63, 3.8) is 0 Å². The van der Waals surface area contributed by atoms with Gasteiger partial charge in [0.2, 0.25) is 0 Å². The van der Waals surface area contributed by atoms with E-state index in [1.54, 1.807) is 7.11 Å². The smallest absolute Gasteiger partial charge is 0.161 e. The monoisotopic (exact) mass is 382 g/mol. The Morgan fingerprint density at radius 2 is 1.88 bits per heavy atom. The van der Waals surface area contributed by atoms with Crippen molar-refractivity contribution in [2.75, 3.05) is 71.2 Å². The molecular formula is C19H30N2O4S. The fourth-order valence-electron chi connectivity index (χ4n) is 3.27. The molecule has 2 fully saturated rings. The third kappa shape index (κ3) is 6.03. The lowest BCUT2D eigenvalue weighted by Crippen LogP contribution is -2.42. The van der Waals surface area contributed by atoms with Gasteiger partial charge in [0.15, 0.2) is 11.5 Å². The second kappa shape index (κ2) is 10.4. The van der Waals surface area contributed by atoms with Gasteiger partial charge in [0.05, 0.1) is 20.3 Å². The molecule has 1 aromatic rings. The molecule has 2 aliphatic heterocycles. The molecule has 146 valence electrons. The average Bonchev–Trinajstić information content (AvgIpc) is 2.68. The summed E-state index contributed by atoms with van der Waals surface area (Å²) in [5.41, 5.74) is 1.23. The van der Waals surface area contributed by atoms with Crippen molar-refractivity contribution in [3.05, 3.63) is 23.8 Å². The van der Waals surface area contributed by atoms with Crippen molar-refractivity contribution in [1.82, 2.24) is 9.80 Å². The van der Waals surface area contributed by atoms with Crippen LogP contribution in [0.2, 0.25) is 0 Å². The van der Waals surface area contributed by atoms with E-state index in [0.29, 0.717) is 12.3 Å². The maximum Gasteiger partial charge on any atom is 0.161 e. The minimum atomic E-state index is -0.525. The Kier molecular flexibility index (Phi) is 7.88. The predicted octanol–water partition coefficient (Wildman–Crippen LogP) is 1.32. The lowest BCUT2D eigenvalue weighted by Gasteiger charge is -2.28. The molecule has 6 nitrogen and oxygen atoms in total. The van der Waals surface area contributed by atoms with E-state index in [1.165, 1.54) is 17.1 Å². The molecule has 3 rings (SSSR count). The van der Waals surface area contributed by atoms with Crippen molar-refractivity contribution >= 4 is 11.8 Å². The molecule has 2 aliphatic rings. The summed E-state index contributed by atoms with van der Waals surface area (Å²) >= 11 is 2.02. The molecule has 0 aromatic heterocycles. The fraction of sp³-hybridized carbons (Fsp3) is 0.684. The van der Waals surface area contributed by atoms with Crippen LogP contribution in [0.25, 0.3) is 0 Å². The summed E-state index contributed by atoms with van der Waals surface area (Å²) in [6.45, 7) is 7.28. The number of aliphatic hydroxyl groups excluding tert-OH is 1. The molecule has 1 N–H and O–H groups in total. The van der Waals surface area contributed by atoms with Crippen LogP contribution in [0, 0.1) is 0 Å². The van der Waals surface area contributed by atoms with Gasteiger partial charge >= 0.3 is 0 Å². The highest BCUT2D eigenvalue weighted by Gasteiger charge is 2.17. The summed E-state index contributed by atoms with van der Waals surface area (Å²) in [6, 6.07) is 6.09. The van der Waals surface area contributed by atoms with Gasteiger partial charge in [-0.3, -0.25) is 9.80 Å². The van der Waals surface area contributed by atoms with Crippen molar-refractivity contribution < 1.29 is 19.3 Å². The van der Waals surface area contributed by atoms with Crippen molar-refractivity contribution in [2.24, 2.45) is 0 Å². The first-order valence-electron chi connectivity index (χ1n) is 9.32. The van der Waals surface area contributed by atoms with E-state index < -0.39 is 6.10 Å². The number of nitrogens with zero attached hydrogens (tertiary/aromatic N) is 2. The van der Waals surface area contributed by atoms with E-state index in [4.69, 9.17) is 14.2 Å². The lowest BCUT2D eigenvalue weighted by molar-refractivity contribution is 0.00445. The van der Waals surface area contributed by atoms with Crippen molar-refractivity contribution in [2.45, 2.75) is 12.6 Å². The number of hydrogen-bond donors (Lipinski definition) is 1. The highest BCUT2D eigenvalue weighted by Crippen LogP contribution is 2.29. The van der Waals surface area contributed by atoms with E-state index in [1.807, 2.05) is 23.9 Å². The molecule has 0 saturated carbocycles. The predicted molar refractivity (Wildman–Crippen MR) is 104 cm³/mol. The SMILES string of the molecule is COc1cc(CN2CCSCC2)ccc1OC[C@H](O)CN1CCOCC1. The maximum atomic E-state index is 10.2. The van der Waals surface area contributed by atoms with Gasteiger partial charge < -0.3 is 19.3 Å². The van der Waals surface area contributed by atoms with Crippen molar-refractivity contribution in [3.8, 4) is 11.5 Å². The molecule has 0 radical (unpaired) electrons. The van der Waals surface area contributed by atoms with Crippen LogP contribution in [0.5, 0.6) is 11.5 Å². The zero-order valence-electron chi connectivity index (χ0n) is 15.6. The van der Waals surface area contributed by atoms with Crippen molar-refractivity contribution in [1.29, 1.82) is 0 Å². The van der Waals surface area contributed by atoms with E-state index in [9.17, 15) is 5.11 Å². The van der Waals surface area contributed by atoms with E-state index in [0.717, 1.165) is 51.7 Å². The molecule has 1 atom stereocenters. The highest BCUT2D eigenvalue weighted by atomic mass is 32.2. The number of methoxy groups -OCH3 is 1. The van der Waals surface area contributed by atoms with Crippen LogP contribution in [0.15, 0.2) is 18.2 Å². The molecule has 0 aliphatic carbocycles. The maximum absolute atomic E-state index is 10.2. The van der Waals surface area contributed by atoms with E-state index >= 15 is 0 Å². The minimum Gasteiger partial charge on any atom is -0.493 e. The first-order chi connectivity index (χ1) is 12.7. The normalized spacial score (nSPS) is 20.7. The van der Waals surface area contributed by atoms with Crippen LogP contribution in [-0.4, -0.2) is 92.2 Å². The zero-order chi connectivity index (χ0) is 18.2. The first-order valence-corrected chi connectivity index (χ1v) is 10.5. The number of thioether (sulfide) groups is 1. The van der Waals surface area contributed by atoms with Gasteiger partial charge in [-0.25, -0.2) is 0 Å². The number of rotatable bonds is 8. The number of β-amino-alcohol motifs (C(OH)–C–C–N with tert-alkyl or cyclic N) is 1. The number of ether oxygens (including phenoxy) is 3. The standard InChI is InChI=1S/C19H30N2O4S/c1-23-19-12-16(13-21-6-10-26-11-7-21)2-3-18(19)25-15-17(22)14-20-4-8-24-9-5-20/h2-3,12,17,22H,4-11,13-15H2,1H3/t17-/m1/s1. The van der Waals surface area contributed by atoms with Crippen LogP contribution in [0.4, 0.5) is 0 Å². The Morgan fingerprint density at radius 3 is 2.62 bits per heavy atom. The lowest BCUT2D eigenvalue weighted by atomic mass is 10.2. The second-order valence-electron chi connectivity index (χ2n) is 6.75. The molecule has 26 heavy (non-hydrogen) atoms. The molecule has 2 saturated heterocycles. The number of benzene rings is 1. The molecular weight excluding hydrogens is 352 g/mol. The van der Waals surface area contributed by atoms with Gasteiger partial charge in [-0.2, -0.15) is 11.8 Å². The van der Waals surface area contributed by atoms with Gasteiger partial charge in [-0.05, 0) is 17.7 Å². The molecule has 7 heteroatoms. The van der Waals surface area contributed by atoms with Crippen LogP contribution in [-0.2, 0) is 11.3 Å².